The van der Waals surface area contributed by atoms with E-state index in [1.165, 1.54) is 16.3 Å². The van der Waals surface area contributed by atoms with Gasteiger partial charge in [0.1, 0.15) is 6.54 Å². The summed E-state index contributed by atoms with van der Waals surface area (Å²) in [5, 5.41) is 7.50. The largest absolute Gasteiger partial charge is 0.358 e. The van der Waals surface area contributed by atoms with Crippen LogP contribution >= 0.6 is 0 Å². The van der Waals surface area contributed by atoms with Gasteiger partial charge in [-0.05, 0) is 16.8 Å². The molecule has 5 heteroatoms. The van der Waals surface area contributed by atoms with E-state index < -0.39 is 0 Å². The van der Waals surface area contributed by atoms with Crippen LogP contribution < -0.4 is 15.5 Å². The van der Waals surface area contributed by atoms with Gasteiger partial charge in [-0.3, -0.25) is 9.59 Å². The van der Waals surface area contributed by atoms with Gasteiger partial charge < -0.3 is 15.5 Å². The number of rotatable bonds is 6. The molecule has 2 aromatic carbocycles. The monoisotopic (exact) mass is 300 g/mol. The lowest BCUT2D eigenvalue weighted by atomic mass is 10.1. The first kappa shape index (κ1) is 16.0. The predicted octanol–water partition coefficient (Wildman–Crippen LogP) is -0.283. The number of hydrogen-bond donors (Lipinski definition) is 3. The minimum atomic E-state index is -0.194. The number of nitrogens with one attached hydrogen (secondary N) is 3. The molecule has 0 saturated carbocycles. The maximum atomic E-state index is 11.8. The second-order valence-electron chi connectivity index (χ2n) is 5.44. The Morgan fingerprint density at radius 2 is 1.77 bits per heavy atom. The van der Waals surface area contributed by atoms with Crippen molar-refractivity contribution in [1.29, 1.82) is 0 Å². The first-order valence-corrected chi connectivity index (χ1v) is 7.34. The molecule has 0 saturated heterocycles. The van der Waals surface area contributed by atoms with Gasteiger partial charge in [-0.1, -0.05) is 36.4 Å². The quantitative estimate of drug-likeness (QED) is 0.687. The van der Waals surface area contributed by atoms with Crippen LogP contribution in [0.15, 0.2) is 42.5 Å². The molecule has 0 bridgehead atoms. The molecular formula is C17H22N3O2+. The van der Waals surface area contributed by atoms with Gasteiger partial charge in [0.25, 0.3) is 5.91 Å². The van der Waals surface area contributed by atoms with Gasteiger partial charge in [-0.25, -0.2) is 0 Å². The number of amides is 2. The Morgan fingerprint density at radius 3 is 2.50 bits per heavy atom. The Morgan fingerprint density at radius 1 is 1.05 bits per heavy atom. The van der Waals surface area contributed by atoms with Crippen molar-refractivity contribution in [2.75, 3.05) is 27.2 Å². The van der Waals surface area contributed by atoms with E-state index in [9.17, 15) is 9.59 Å². The van der Waals surface area contributed by atoms with Crippen molar-refractivity contribution in [3.8, 4) is 0 Å². The highest BCUT2D eigenvalue weighted by Gasteiger charge is 2.11. The molecular weight excluding hydrogens is 278 g/mol. The lowest BCUT2D eigenvalue weighted by molar-refractivity contribution is -0.885. The molecule has 22 heavy (non-hydrogen) atoms. The Bertz CT molecular complexity index is 670. The number of benzene rings is 2. The number of fused-ring (bicyclic) bond motifs is 1. The van der Waals surface area contributed by atoms with Crippen molar-refractivity contribution in [3.63, 3.8) is 0 Å². The molecule has 1 unspecified atom stereocenters. The summed E-state index contributed by atoms with van der Waals surface area (Å²) in [6.45, 7) is 1.13. The number of carbonyl (C=O) groups excluding carboxylic acids is 2. The molecule has 1 atom stereocenters. The molecule has 2 aromatic rings. The van der Waals surface area contributed by atoms with Gasteiger partial charge >= 0.3 is 0 Å². The standard InChI is InChI=1S/C17H21N3O2/c1-18-16(21)10-19-17(22)12-20(2)11-13-7-8-14-5-3-4-6-15(14)9-13/h3-9H,10-12H2,1-2H3,(H,18,21)(H,19,22)/p+1. The van der Waals surface area contributed by atoms with Gasteiger partial charge in [0, 0.05) is 12.6 Å². The van der Waals surface area contributed by atoms with Crippen LogP contribution in [0.3, 0.4) is 0 Å². The fourth-order valence-corrected chi connectivity index (χ4v) is 2.36. The lowest BCUT2D eigenvalue weighted by Crippen LogP contribution is -3.08. The first-order chi connectivity index (χ1) is 10.6. The number of quaternary nitrogens is 1. The molecule has 0 heterocycles. The molecule has 3 N–H and O–H groups in total. The zero-order valence-corrected chi connectivity index (χ0v) is 13.0. The average molecular weight is 300 g/mol. The summed E-state index contributed by atoms with van der Waals surface area (Å²) in [6, 6.07) is 14.6. The van der Waals surface area contributed by atoms with E-state index in [1.54, 1.807) is 7.05 Å². The highest BCUT2D eigenvalue weighted by Crippen LogP contribution is 2.14. The van der Waals surface area contributed by atoms with E-state index in [4.69, 9.17) is 0 Å². The molecule has 0 aliphatic carbocycles. The fraction of sp³-hybridized carbons (Fsp3) is 0.294. The highest BCUT2D eigenvalue weighted by atomic mass is 16.2. The van der Waals surface area contributed by atoms with Crippen LogP contribution in [0.25, 0.3) is 10.8 Å². The molecule has 2 amide bonds. The molecule has 0 aliphatic rings. The van der Waals surface area contributed by atoms with E-state index in [2.05, 4.69) is 41.0 Å². The van der Waals surface area contributed by atoms with Crippen molar-refractivity contribution in [2.45, 2.75) is 6.54 Å². The van der Waals surface area contributed by atoms with E-state index >= 15 is 0 Å². The van der Waals surface area contributed by atoms with Gasteiger partial charge in [-0.15, -0.1) is 0 Å². The molecule has 116 valence electrons. The zero-order chi connectivity index (χ0) is 15.9. The highest BCUT2D eigenvalue weighted by molar-refractivity contribution is 5.85. The van der Waals surface area contributed by atoms with Crippen molar-refractivity contribution >= 4 is 22.6 Å². The minimum absolute atomic E-state index is 0.0264. The maximum Gasteiger partial charge on any atom is 0.275 e. The lowest BCUT2D eigenvalue weighted by Gasteiger charge is -2.14. The second-order valence-corrected chi connectivity index (χ2v) is 5.44. The van der Waals surface area contributed by atoms with E-state index in [1.807, 2.05) is 19.2 Å². The first-order valence-electron chi connectivity index (χ1n) is 7.34. The van der Waals surface area contributed by atoms with Crippen LogP contribution in [0.5, 0.6) is 0 Å². The Balaban J connectivity index is 1.88. The summed E-state index contributed by atoms with van der Waals surface area (Å²) in [5.41, 5.74) is 1.19. The molecule has 0 radical (unpaired) electrons. The normalized spacial score (nSPS) is 11.9. The Hall–Kier alpha value is -2.40. The van der Waals surface area contributed by atoms with Crippen molar-refractivity contribution < 1.29 is 14.5 Å². The van der Waals surface area contributed by atoms with Crippen LogP contribution in [-0.4, -0.2) is 39.0 Å². The molecule has 5 nitrogen and oxygen atoms in total. The SMILES string of the molecule is CNC(=O)CNC(=O)C[NH+](C)Cc1ccc2ccccc2c1. The molecule has 0 aliphatic heterocycles. The van der Waals surface area contributed by atoms with Crippen LogP contribution in [0.1, 0.15) is 5.56 Å². The zero-order valence-electron chi connectivity index (χ0n) is 13.0. The number of likely N-dealkylation sites (N-methyl/N-ethyl adjacent to an activating group) is 2. The third kappa shape index (κ3) is 4.56. The molecule has 2 rings (SSSR count). The van der Waals surface area contributed by atoms with Gasteiger partial charge in [0.2, 0.25) is 5.91 Å². The maximum absolute atomic E-state index is 11.8. The number of carbonyl (C=O) groups is 2. The molecule has 0 fully saturated rings. The summed E-state index contributed by atoms with van der Waals surface area (Å²) in [5.74, 6) is -0.317. The predicted molar refractivity (Wildman–Crippen MR) is 86.5 cm³/mol. The molecule has 0 aromatic heterocycles. The third-order valence-electron chi connectivity index (χ3n) is 3.51. The van der Waals surface area contributed by atoms with E-state index in [0.29, 0.717) is 6.54 Å². The smallest absolute Gasteiger partial charge is 0.275 e. The van der Waals surface area contributed by atoms with Crippen LogP contribution in [-0.2, 0) is 16.1 Å². The minimum Gasteiger partial charge on any atom is -0.358 e. The average Bonchev–Trinajstić information content (AvgIpc) is 2.52. The Kier molecular flexibility index (Phi) is 5.49. The summed E-state index contributed by atoms with van der Waals surface area (Å²) in [7, 11) is 3.51. The van der Waals surface area contributed by atoms with Crippen LogP contribution in [0.2, 0.25) is 0 Å². The topological polar surface area (TPSA) is 62.6 Å². The fourth-order valence-electron chi connectivity index (χ4n) is 2.36. The summed E-state index contributed by atoms with van der Waals surface area (Å²) < 4.78 is 0. The van der Waals surface area contributed by atoms with Crippen molar-refractivity contribution in [1.82, 2.24) is 10.6 Å². The van der Waals surface area contributed by atoms with Crippen molar-refractivity contribution in [3.05, 3.63) is 48.0 Å². The molecule has 0 spiro atoms. The Labute approximate surface area is 130 Å². The van der Waals surface area contributed by atoms with Crippen molar-refractivity contribution in [2.24, 2.45) is 0 Å². The third-order valence-corrected chi connectivity index (χ3v) is 3.51. The van der Waals surface area contributed by atoms with Gasteiger partial charge in [0.15, 0.2) is 6.54 Å². The summed E-state index contributed by atoms with van der Waals surface area (Å²) in [6.07, 6.45) is 0. The van der Waals surface area contributed by atoms with E-state index in [0.717, 1.165) is 11.4 Å². The van der Waals surface area contributed by atoms with E-state index in [-0.39, 0.29) is 18.4 Å². The van der Waals surface area contributed by atoms with Crippen LogP contribution in [0, 0.1) is 0 Å². The van der Waals surface area contributed by atoms with Gasteiger partial charge in [-0.2, -0.15) is 0 Å². The summed E-state index contributed by atoms with van der Waals surface area (Å²) >= 11 is 0. The van der Waals surface area contributed by atoms with Crippen LogP contribution in [0.4, 0.5) is 0 Å². The number of hydrogen-bond acceptors (Lipinski definition) is 2. The second kappa shape index (κ2) is 7.56. The van der Waals surface area contributed by atoms with Gasteiger partial charge in [0.05, 0.1) is 13.6 Å². The summed E-state index contributed by atoms with van der Waals surface area (Å²) in [4.78, 5) is 23.9.